The molecule has 0 N–H and O–H groups in total. The summed E-state index contributed by atoms with van der Waals surface area (Å²) in [5, 5.41) is 0. The summed E-state index contributed by atoms with van der Waals surface area (Å²) in [4.78, 5) is 13.8. The van der Waals surface area contributed by atoms with Crippen LogP contribution in [0, 0.1) is 5.82 Å². The zero-order chi connectivity index (χ0) is 17.9. The monoisotopic (exact) mass is 352 g/mol. The number of rotatable bonds is 4. The predicted octanol–water partition coefficient (Wildman–Crippen LogP) is 3.10. The molecule has 0 spiro atoms. The van der Waals surface area contributed by atoms with Crippen LogP contribution in [0.15, 0.2) is 48.7 Å². The van der Waals surface area contributed by atoms with Crippen LogP contribution < -0.4 is 9.64 Å². The number of benzene rings is 2. The van der Waals surface area contributed by atoms with E-state index in [9.17, 15) is 4.39 Å². The number of nitrogens with zero attached hydrogens (tertiary/aromatic N) is 4. The van der Waals surface area contributed by atoms with E-state index < -0.39 is 0 Å². The first kappa shape index (κ1) is 16.7. The van der Waals surface area contributed by atoms with Gasteiger partial charge in [0.05, 0.1) is 24.3 Å². The first-order chi connectivity index (χ1) is 12.7. The molecule has 26 heavy (non-hydrogen) atoms. The topological polar surface area (TPSA) is 41.5 Å². The average Bonchev–Trinajstić information content (AvgIpc) is 2.68. The van der Waals surface area contributed by atoms with Gasteiger partial charge in [-0.1, -0.05) is 12.1 Å². The van der Waals surface area contributed by atoms with Crippen molar-refractivity contribution >= 4 is 16.9 Å². The van der Waals surface area contributed by atoms with Crippen LogP contribution in [0.3, 0.4) is 0 Å². The predicted molar refractivity (Wildman–Crippen MR) is 100.0 cm³/mol. The Balaban J connectivity index is 1.43. The Labute approximate surface area is 152 Å². The number of halogens is 1. The third-order valence-electron chi connectivity index (χ3n) is 4.77. The van der Waals surface area contributed by atoms with Crippen molar-refractivity contribution in [1.29, 1.82) is 0 Å². The molecule has 4 rings (SSSR count). The van der Waals surface area contributed by atoms with Crippen LogP contribution in [0.5, 0.6) is 5.75 Å². The molecule has 134 valence electrons. The first-order valence-electron chi connectivity index (χ1n) is 8.74. The molecule has 3 aromatic rings. The van der Waals surface area contributed by atoms with E-state index in [1.54, 1.807) is 19.2 Å². The maximum absolute atomic E-state index is 13.6. The minimum absolute atomic E-state index is 0.231. The largest absolute Gasteiger partial charge is 0.496 e. The molecular formula is C20H21FN4O. The summed E-state index contributed by atoms with van der Waals surface area (Å²) in [5.74, 6) is 1.41. The zero-order valence-electron chi connectivity index (χ0n) is 14.7. The Hall–Kier alpha value is -2.73. The molecule has 2 heterocycles. The summed E-state index contributed by atoms with van der Waals surface area (Å²) >= 11 is 0. The van der Waals surface area contributed by atoms with Gasteiger partial charge in [0.1, 0.15) is 17.4 Å². The van der Waals surface area contributed by atoms with Gasteiger partial charge in [0.15, 0.2) is 0 Å². The third-order valence-corrected chi connectivity index (χ3v) is 4.77. The second-order valence-electron chi connectivity index (χ2n) is 6.44. The number of aromatic nitrogens is 2. The number of hydrogen-bond donors (Lipinski definition) is 0. The van der Waals surface area contributed by atoms with Crippen molar-refractivity contribution in [2.75, 3.05) is 38.2 Å². The quantitative estimate of drug-likeness (QED) is 0.722. The molecule has 0 atom stereocenters. The average molecular weight is 352 g/mol. The summed E-state index contributed by atoms with van der Waals surface area (Å²) in [6.07, 6.45) is 1.84. The standard InChI is InChI=1S/C20H21FN4O/c1-26-19-7-6-16(21)12-15(19)14-24-8-10-25(11-9-24)20-13-22-17-4-2-3-5-18(17)23-20/h2-7,12-13H,8-11,14H2,1H3. The molecule has 5 nitrogen and oxygen atoms in total. The highest BCUT2D eigenvalue weighted by Crippen LogP contribution is 2.23. The lowest BCUT2D eigenvalue weighted by molar-refractivity contribution is 0.245. The van der Waals surface area contributed by atoms with E-state index in [1.165, 1.54) is 6.07 Å². The van der Waals surface area contributed by atoms with E-state index in [4.69, 9.17) is 9.72 Å². The summed E-state index contributed by atoms with van der Waals surface area (Å²) in [5.41, 5.74) is 2.71. The van der Waals surface area contributed by atoms with Crippen LogP contribution >= 0.6 is 0 Å². The minimum atomic E-state index is -0.231. The van der Waals surface area contributed by atoms with Crippen molar-refractivity contribution in [3.8, 4) is 5.75 Å². The molecule has 1 aliphatic heterocycles. The van der Waals surface area contributed by atoms with Crippen LogP contribution in [0.2, 0.25) is 0 Å². The number of hydrogen-bond acceptors (Lipinski definition) is 5. The lowest BCUT2D eigenvalue weighted by Crippen LogP contribution is -2.46. The highest BCUT2D eigenvalue weighted by Gasteiger charge is 2.20. The van der Waals surface area contributed by atoms with Crippen molar-refractivity contribution < 1.29 is 9.13 Å². The maximum atomic E-state index is 13.6. The van der Waals surface area contributed by atoms with E-state index in [1.807, 2.05) is 30.5 Å². The number of para-hydroxylation sites is 2. The van der Waals surface area contributed by atoms with Crippen LogP contribution in [0.1, 0.15) is 5.56 Å². The Morgan fingerprint density at radius 1 is 1.04 bits per heavy atom. The second kappa shape index (κ2) is 7.25. The summed E-state index contributed by atoms with van der Waals surface area (Å²) in [6.45, 7) is 4.18. The Morgan fingerprint density at radius 2 is 1.81 bits per heavy atom. The van der Waals surface area contributed by atoms with E-state index >= 15 is 0 Å². The van der Waals surface area contributed by atoms with Gasteiger partial charge in [-0.25, -0.2) is 9.37 Å². The van der Waals surface area contributed by atoms with E-state index in [0.717, 1.165) is 54.3 Å². The highest BCUT2D eigenvalue weighted by molar-refractivity contribution is 5.75. The van der Waals surface area contributed by atoms with Crippen LogP contribution in [0.4, 0.5) is 10.2 Å². The van der Waals surface area contributed by atoms with Gasteiger partial charge in [0.25, 0.3) is 0 Å². The molecule has 0 radical (unpaired) electrons. The summed E-state index contributed by atoms with van der Waals surface area (Å²) < 4.78 is 18.9. The number of anilines is 1. The second-order valence-corrected chi connectivity index (χ2v) is 6.44. The van der Waals surface area contributed by atoms with Gasteiger partial charge < -0.3 is 9.64 Å². The molecular weight excluding hydrogens is 331 g/mol. The fourth-order valence-corrected chi connectivity index (χ4v) is 3.35. The smallest absolute Gasteiger partial charge is 0.147 e. The molecule has 0 aliphatic carbocycles. The van der Waals surface area contributed by atoms with E-state index in [-0.39, 0.29) is 5.82 Å². The highest BCUT2D eigenvalue weighted by atomic mass is 19.1. The molecule has 1 aromatic heterocycles. The van der Waals surface area contributed by atoms with Crippen molar-refractivity contribution in [1.82, 2.24) is 14.9 Å². The van der Waals surface area contributed by atoms with Gasteiger partial charge >= 0.3 is 0 Å². The maximum Gasteiger partial charge on any atom is 0.147 e. The van der Waals surface area contributed by atoms with Crippen molar-refractivity contribution in [3.05, 3.63) is 60.0 Å². The minimum Gasteiger partial charge on any atom is -0.496 e. The molecule has 0 bridgehead atoms. The van der Waals surface area contributed by atoms with Gasteiger partial charge in [-0.2, -0.15) is 0 Å². The molecule has 0 amide bonds. The zero-order valence-corrected chi connectivity index (χ0v) is 14.7. The molecule has 1 aliphatic rings. The molecule has 0 saturated carbocycles. The Kier molecular flexibility index (Phi) is 4.67. The third kappa shape index (κ3) is 3.46. The number of piperazine rings is 1. The van der Waals surface area contributed by atoms with Gasteiger partial charge in [0.2, 0.25) is 0 Å². The lowest BCUT2D eigenvalue weighted by Gasteiger charge is -2.35. The van der Waals surface area contributed by atoms with Crippen molar-refractivity contribution in [2.45, 2.75) is 6.54 Å². The van der Waals surface area contributed by atoms with Gasteiger partial charge in [-0.15, -0.1) is 0 Å². The van der Waals surface area contributed by atoms with Crippen molar-refractivity contribution in [2.24, 2.45) is 0 Å². The molecule has 0 unspecified atom stereocenters. The Morgan fingerprint density at radius 3 is 2.58 bits per heavy atom. The van der Waals surface area contributed by atoms with E-state index in [0.29, 0.717) is 6.54 Å². The Bertz CT molecular complexity index is 909. The normalized spacial score (nSPS) is 15.4. The molecule has 1 fully saturated rings. The number of methoxy groups -OCH3 is 1. The molecule has 2 aromatic carbocycles. The summed E-state index contributed by atoms with van der Waals surface area (Å²) in [6, 6.07) is 12.6. The first-order valence-corrected chi connectivity index (χ1v) is 8.74. The fraction of sp³-hybridized carbons (Fsp3) is 0.300. The summed E-state index contributed by atoms with van der Waals surface area (Å²) in [7, 11) is 1.62. The molecule has 1 saturated heterocycles. The fourth-order valence-electron chi connectivity index (χ4n) is 3.35. The van der Waals surface area contributed by atoms with Crippen LogP contribution in [-0.2, 0) is 6.54 Å². The number of fused-ring (bicyclic) bond motifs is 1. The van der Waals surface area contributed by atoms with E-state index in [2.05, 4.69) is 14.8 Å². The number of ether oxygens (including phenoxy) is 1. The van der Waals surface area contributed by atoms with Crippen LogP contribution in [-0.4, -0.2) is 48.2 Å². The van der Waals surface area contributed by atoms with Crippen LogP contribution in [0.25, 0.3) is 11.0 Å². The molecule has 6 heteroatoms. The van der Waals surface area contributed by atoms with Gasteiger partial charge in [-0.05, 0) is 30.3 Å². The lowest BCUT2D eigenvalue weighted by atomic mass is 10.1. The van der Waals surface area contributed by atoms with Gasteiger partial charge in [0, 0.05) is 38.3 Å². The van der Waals surface area contributed by atoms with Gasteiger partial charge in [-0.3, -0.25) is 9.88 Å². The van der Waals surface area contributed by atoms with Crippen molar-refractivity contribution in [3.63, 3.8) is 0 Å². The SMILES string of the molecule is COc1ccc(F)cc1CN1CCN(c2cnc3ccccc3n2)CC1.